The van der Waals surface area contributed by atoms with Gasteiger partial charge in [0.2, 0.25) is 0 Å². The van der Waals surface area contributed by atoms with E-state index in [1.807, 2.05) is 27.7 Å². The van der Waals surface area contributed by atoms with E-state index < -0.39 is 7.12 Å². The van der Waals surface area contributed by atoms with Crippen molar-refractivity contribution in [3.05, 3.63) is 12.1 Å². The second-order valence-corrected chi connectivity index (χ2v) is 6.91. The van der Waals surface area contributed by atoms with Crippen LogP contribution in [-0.4, -0.2) is 23.3 Å². The number of hydrogen-bond acceptors (Lipinski definition) is 4. The minimum atomic E-state index is -0.474. The first kappa shape index (κ1) is 13.6. The van der Waals surface area contributed by atoms with Crippen LogP contribution in [0.25, 0.3) is 0 Å². The van der Waals surface area contributed by atoms with Crippen LogP contribution < -0.4 is 5.66 Å². The van der Waals surface area contributed by atoms with Crippen LogP contribution in [0.3, 0.4) is 0 Å². The van der Waals surface area contributed by atoms with Gasteiger partial charge in [0, 0.05) is 5.41 Å². The van der Waals surface area contributed by atoms with E-state index in [4.69, 9.17) is 13.7 Å². The summed E-state index contributed by atoms with van der Waals surface area (Å²) in [5, 5.41) is 0. The summed E-state index contributed by atoms with van der Waals surface area (Å²) in [6, 6.07) is 0. The van der Waals surface area contributed by atoms with Crippen molar-refractivity contribution in [1.29, 1.82) is 0 Å². The molecule has 2 rings (SSSR count). The number of nitrogens with zero attached hydrogens (tertiary/aromatic N) is 1. The van der Waals surface area contributed by atoms with Gasteiger partial charge in [0.15, 0.2) is 11.6 Å². The standard InChI is InChI=1S/C13H22BNO3/c1-11(2,3)10-15-8-9(16-10)14-17-12(4,5)13(6,7)18-14/h8H,1-7H3. The second kappa shape index (κ2) is 3.84. The van der Waals surface area contributed by atoms with Crippen LogP contribution in [0.15, 0.2) is 10.6 Å². The molecule has 100 valence electrons. The summed E-state index contributed by atoms with van der Waals surface area (Å²) in [4.78, 5) is 4.30. The first-order chi connectivity index (χ1) is 8.03. The number of rotatable bonds is 1. The Labute approximate surface area is 109 Å². The van der Waals surface area contributed by atoms with Gasteiger partial charge in [-0.1, -0.05) is 20.8 Å². The largest absolute Gasteiger partial charge is 0.534 e. The molecule has 0 spiro atoms. The summed E-state index contributed by atoms with van der Waals surface area (Å²) in [6.45, 7) is 14.3. The van der Waals surface area contributed by atoms with Gasteiger partial charge in [0.25, 0.3) is 0 Å². The summed E-state index contributed by atoms with van der Waals surface area (Å²) in [7, 11) is -0.474. The van der Waals surface area contributed by atoms with Crippen LogP contribution in [0.4, 0.5) is 0 Å². The third-order valence-electron chi connectivity index (χ3n) is 3.65. The summed E-state index contributed by atoms with van der Waals surface area (Å²) in [5.74, 6) is 0.701. The fraction of sp³-hybridized carbons (Fsp3) is 0.769. The fourth-order valence-electron chi connectivity index (χ4n) is 1.70. The molecule has 1 aliphatic heterocycles. The van der Waals surface area contributed by atoms with E-state index in [1.165, 1.54) is 0 Å². The van der Waals surface area contributed by atoms with Crippen molar-refractivity contribution < 1.29 is 13.7 Å². The molecule has 1 aromatic rings. The van der Waals surface area contributed by atoms with Crippen LogP contribution in [0, 0.1) is 0 Å². The van der Waals surface area contributed by atoms with Crippen molar-refractivity contribution >= 4 is 12.8 Å². The summed E-state index contributed by atoms with van der Waals surface area (Å²) in [6.07, 6.45) is 1.70. The Morgan fingerprint density at radius 3 is 1.94 bits per heavy atom. The molecule has 1 aliphatic rings. The van der Waals surface area contributed by atoms with Gasteiger partial charge in [0.1, 0.15) is 0 Å². The van der Waals surface area contributed by atoms with Crippen molar-refractivity contribution in [2.24, 2.45) is 0 Å². The Hall–Kier alpha value is -0.805. The normalized spacial score (nSPS) is 22.5. The first-order valence-corrected chi connectivity index (χ1v) is 6.35. The number of hydrogen-bond donors (Lipinski definition) is 0. The number of aromatic nitrogens is 1. The summed E-state index contributed by atoms with van der Waals surface area (Å²) < 4.78 is 17.6. The molecule has 0 saturated carbocycles. The SMILES string of the molecule is CC(C)(C)c1ncc(B2OC(C)(C)C(C)(C)O2)o1. The van der Waals surface area contributed by atoms with E-state index in [0.717, 1.165) is 0 Å². The lowest BCUT2D eigenvalue weighted by Gasteiger charge is -2.32. The lowest BCUT2D eigenvalue weighted by molar-refractivity contribution is 0.00578. The minimum absolute atomic E-state index is 0.109. The molecule has 2 heterocycles. The highest BCUT2D eigenvalue weighted by atomic mass is 16.7. The molecule has 0 amide bonds. The van der Waals surface area contributed by atoms with Gasteiger partial charge in [-0.05, 0) is 27.7 Å². The zero-order valence-corrected chi connectivity index (χ0v) is 12.3. The van der Waals surface area contributed by atoms with E-state index in [1.54, 1.807) is 6.20 Å². The first-order valence-electron chi connectivity index (χ1n) is 6.35. The van der Waals surface area contributed by atoms with Crippen LogP contribution in [0.1, 0.15) is 54.4 Å². The molecule has 0 atom stereocenters. The predicted octanol–water partition coefficient (Wildman–Crippen LogP) is 2.27. The molecule has 0 aliphatic carbocycles. The van der Waals surface area contributed by atoms with E-state index >= 15 is 0 Å². The predicted molar refractivity (Wildman–Crippen MR) is 70.9 cm³/mol. The lowest BCUT2D eigenvalue weighted by Crippen LogP contribution is -2.41. The Morgan fingerprint density at radius 1 is 1.06 bits per heavy atom. The van der Waals surface area contributed by atoms with Crippen molar-refractivity contribution in [2.75, 3.05) is 0 Å². The van der Waals surface area contributed by atoms with Crippen LogP contribution in [-0.2, 0) is 14.7 Å². The van der Waals surface area contributed by atoms with Gasteiger partial charge in [-0.15, -0.1) is 0 Å². The van der Waals surface area contributed by atoms with Gasteiger partial charge in [-0.2, -0.15) is 0 Å². The van der Waals surface area contributed by atoms with Gasteiger partial charge in [-0.3, -0.25) is 0 Å². The van der Waals surface area contributed by atoms with Crippen LogP contribution in [0.5, 0.6) is 0 Å². The molecule has 0 radical (unpaired) electrons. The van der Waals surface area contributed by atoms with E-state index in [2.05, 4.69) is 25.8 Å². The topological polar surface area (TPSA) is 44.5 Å². The lowest BCUT2D eigenvalue weighted by atomic mass is 9.87. The summed E-state index contributed by atoms with van der Waals surface area (Å²) >= 11 is 0. The van der Waals surface area contributed by atoms with E-state index in [-0.39, 0.29) is 16.6 Å². The molecular formula is C13H22BNO3. The van der Waals surface area contributed by atoms with Crippen molar-refractivity contribution in [3.63, 3.8) is 0 Å². The highest BCUT2D eigenvalue weighted by molar-refractivity contribution is 6.60. The van der Waals surface area contributed by atoms with E-state index in [9.17, 15) is 0 Å². The summed E-state index contributed by atoms with van der Waals surface area (Å²) in [5.41, 5.74) is -0.181. The Balaban J connectivity index is 2.23. The molecule has 4 nitrogen and oxygen atoms in total. The van der Waals surface area contributed by atoms with E-state index in [0.29, 0.717) is 11.6 Å². The quantitative estimate of drug-likeness (QED) is 0.718. The Bertz CT molecular complexity index is 429. The minimum Gasteiger partial charge on any atom is -0.449 e. The van der Waals surface area contributed by atoms with Gasteiger partial charge in [0.05, 0.1) is 17.4 Å². The maximum absolute atomic E-state index is 5.92. The average molecular weight is 251 g/mol. The maximum atomic E-state index is 5.92. The van der Waals surface area contributed by atoms with Crippen molar-refractivity contribution in [3.8, 4) is 0 Å². The smallest absolute Gasteiger partial charge is 0.449 e. The Morgan fingerprint density at radius 2 is 1.56 bits per heavy atom. The molecule has 0 unspecified atom stereocenters. The van der Waals surface area contributed by atoms with Gasteiger partial charge < -0.3 is 13.7 Å². The van der Waals surface area contributed by atoms with Crippen LogP contribution >= 0.6 is 0 Å². The highest BCUT2D eigenvalue weighted by Gasteiger charge is 2.53. The zero-order chi connectivity index (χ0) is 13.8. The van der Waals surface area contributed by atoms with Gasteiger partial charge in [-0.25, -0.2) is 4.98 Å². The second-order valence-electron chi connectivity index (χ2n) is 6.91. The molecule has 0 aromatic carbocycles. The monoisotopic (exact) mass is 251 g/mol. The maximum Gasteiger partial charge on any atom is 0.534 e. The molecule has 0 N–H and O–H groups in total. The highest BCUT2D eigenvalue weighted by Crippen LogP contribution is 2.36. The molecule has 1 fully saturated rings. The molecule has 1 aromatic heterocycles. The van der Waals surface area contributed by atoms with Gasteiger partial charge >= 0.3 is 7.12 Å². The molecule has 1 saturated heterocycles. The number of oxazole rings is 1. The average Bonchev–Trinajstić information content (AvgIpc) is 2.69. The third kappa shape index (κ3) is 2.21. The molecule has 0 bridgehead atoms. The zero-order valence-electron chi connectivity index (χ0n) is 12.3. The molecule has 18 heavy (non-hydrogen) atoms. The molecule has 5 heteroatoms. The van der Waals surface area contributed by atoms with Crippen LogP contribution in [0.2, 0.25) is 0 Å². The third-order valence-corrected chi connectivity index (χ3v) is 3.65. The molecular weight excluding hydrogens is 229 g/mol. The fourth-order valence-corrected chi connectivity index (χ4v) is 1.70. The van der Waals surface area contributed by atoms with Crippen molar-refractivity contribution in [1.82, 2.24) is 4.98 Å². The van der Waals surface area contributed by atoms with Crippen molar-refractivity contribution in [2.45, 2.75) is 65.1 Å². The Kier molecular flexibility index (Phi) is 2.91.